The third-order valence-corrected chi connectivity index (χ3v) is 5.24. The number of carbonyl (C=O) groups is 3. The molecule has 0 radical (unpaired) electrons. The van der Waals surface area contributed by atoms with Crippen LogP contribution in [0.3, 0.4) is 0 Å². The molecular weight excluding hydrogens is 340 g/mol. The lowest BCUT2D eigenvalue weighted by Gasteiger charge is -2.57. The molecule has 0 saturated carbocycles. The molecule has 1 aromatic carbocycles. The van der Waals surface area contributed by atoms with Crippen molar-refractivity contribution in [2.45, 2.75) is 25.5 Å². The molecule has 1 aromatic rings. The number of piperidine rings is 1. The summed E-state index contributed by atoms with van der Waals surface area (Å²) in [5.41, 5.74) is 0.330. The van der Waals surface area contributed by atoms with Gasteiger partial charge in [-0.05, 0) is 18.4 Å². The second kappa shape index (κ2) is 7.23. The smallest absolute Gasteiger partial charge is 0.410 e. The maximum Gasteiger partial charge on any atom is 0.410 e. The van der Waals surface area contributed by atoms with Crippen LogP contribution in [0.2, 0.25) is 0 Å². The first-order chi connectivity index (χ1) is 12.5. The molecule has 1 spiro atoms. The van der Waals surface area contributed by atoms with Crippen molar-refractivity contribution >= 4 is 18.2 Å². The minimum absolute atomic E-state index is 0.103. The highest BCUT2D eigenvalue weighted by Gasteiger charge is 2.59. The number of ether oxygens (including phenoxy) is 2. The summed E-state index contributed by atoms with van der Waals surface area (Å²) in [5.74, 6) is -1.04. The standard InChI is InChI=1S/C18H22N2O6/c1-25-16(23)19-9-7-18(8-10-19)12-20(14(18)15(21)22)17(24)26-11-13-5-3-2-4-6-13/h2-6,14H,7-12H2,1H3,(H,21,22). The van der Waals surface area contributed by atoms with Gasteiger partial charge in [-0.3, -0.25) is 4.90 Å². The number of rotatable bonds is 3. The lowest BCUT2D eigenvalue weighted by atomic mass is 9.65. The van der Waals surface area contributed by atoms with Gasteiger partial charge in [0.05, 0.1) is 7.11 Å². The Morgan fingerprint density at radius 3 is 2.38 bits per heavy atom. The van der Waals surface area contributed by atoms with Gasteiger partial charge in [-0.25, -0.2) is 14.4 Å². The molecule has 0 bridgehead atoms. The average molecular weight is 362 g/mol. The Kier molecular flexibility index (Phi) is 5.01. The number of hydrogen-bond acceptors (Lipinski definition) is 5. The molecule has 8 nitrogen and oxygen atoms in total. The molecule has 0 aromatic heterocycles. The normalized spacial score (nSPS) is 21.0. The van der Waals surface area contributed by atoms with E-state index in [9.17, 15) is 19.5 Å². The molecule has 2 amide bonds. The fourth-order valence-corrected chi connectivity index (χ4v) is 3.80. The van der Waals surface area contributed by atoms with Crippen molar-refractivity contribution in [1.82, 2.24) is 9.80 Å². The number of aliphatic carboxylic acids is 1. The zero-order valence-electron chi connectivity index (χ0n) is 14.6. The maximum absolute atomic E-state index is 12.3. The van der Waals surface area contributed by atoms with Gasteiger partial charge in [-0.1, -0.05) is 30.3 Å². The molecular formula is C18H22N2O6. The van der Waals surface area contributed by atoms with E-state index in [1.54, 1.807) is 4.90 Å². The number of carboxylic acids is 1. The summed E-state index contributed by atoms with van der Waals surface area (Å²) >= 11 is 0. The van der Waals surface area contributed by atoms with Crippen molar-refractivity contribution in [3.8, 4) is 0 Å². The Balaban J connectivity index is 1.60. The van der Waals surface area contributed by atoms with E-state index in [1.165, 1.54) is 12.0 Å². The van der Waals surface area contributed by atoms with Crippen LogP contribution in [-0.2, 0) is 20.9 Å². The summed E-state index contributed by atoms with van der Waals surface area (Å²) in [6.45, 7) is 1.27. The zero-order valence-corrected chi connectivity index (χ0v) is 14.6. The van der Waals surface area contributed by atoms with Crippen LogP contribution in [0.4, 0.5) is 9.59 Å². The van der Waals surface area contributed by atoms with E-state index in [1.807, 2.05) is 30.3 Å². The molecule has 26 heavy (non-hydrogen) atoms. The van der Waals surface area contributed by atoms with Gasteiger partial charge in [0.15, 0.2) is 0 Å². The fraction of sp³-hybridized carbons (Fsp3) is 0.500. The molecule has 1 unspecified atom stereocenters. The number of carbonyl (C=O) groups excluding carboxylic acids is 2. The van der Waals surface area contributed by atoms with Crippen LogP contribution >= 0.6 is 0 Å². The highest BCUT2D eigenvalue weighted by molar-refractivity contribution is 5.83. The number of benzene rings is 1. The van der Waals surface area contributed by atoms with Gasteiger partial charge in [0.1, 0.15) is 12.6 Å². The topological polar surface area (TPSA) is 96.4 Å². The lowest BCUT2D eigenvalue weighted by molar-refractivity contribution is -0.166. The minimum Gasteiger partial charge on any atom is -0.480 e. The van der Waals surface area contributed by atoms with Gasteiger partial charge in [-0.15, -0.1) is 0 Å². The number of carboxylic acid groups (broad SMARTS) is 1. The number of nitrogens with zero attached hydrogens (tertiary/aromatic N) is 2. The molecule has 2 fully saturated rings. The van der Waals surface area contributed by atoms with E-state index in [0.717, 1.165) is 5.56 Å². The maximum atomic E-state index is 12.3. The molecule has 8 heteroatoms. The lowest BCUT2D eigenvalue weighted by Crippen LogP contribution is -2.71. The summed E-state index contributed by atoms with van der Waals surface area (Å²) in [5, 5.41) is 9.62. The van der Waals surface area contributed by atoms with E-state index in [2.05, 4.69) is 0 Å². The average Bonchev–Trinajstić information content (AvgIpc) is 2.64. The molecule has 1 N–H and O–H groups in total. The van der Waals surface area contributed by atoms with Crippen LogP contribution < -0.4 is 0 Å². The molecule has 1 atom stereocenters. The Hall–Kier alpha value is -2.77. The largest absolute Gasteiger partial charge is 0.480 e. The van der Waals surface area contributed by atoms with Crippen LogP contribution in [0.1, 0.15) is 18.4 Å². The van der Waals surface area contributed by atoms with Crippen molar-refractivity contribution < 1.29 is 29.0 Å². The fourth-order valence-electron chi connectivity index (χ4n) is 3.80. The predicted molar refractivity (Wildman–Crippen MR) is 90.4 cm³/mol. The quantitative estimate of drug-likeness (QED) is 0.883. The van der Waals surface area contributed by atoms with Gasteiger partial charge in [0, 0.05) is 25.0 Å². The van der Waals surface area contributed by atoms with Gasteiger partial charge in [0.2, 0.25) is 0 Å². The Morgan fingerprint density at radius 2 is 1.81 bits per heavy atom. The van der Waals surface area contributed by atoms with E-state index in [-0.39, 0.29) is 6.61 Å². The van der Waals surface area contributed by atoms with Gasteiger partial charge in [0.25, 0.3) is 0 Å². The van der Waals surface area contributed by atoms with Crippen molar-refractivity contribution in [2.24, 2.45) is 5.41 Å². The summed E-state index contributed by atoms with van der Waals surface area (Å²) in [6.07, 6.45) is -0.00395. The number of methoxy groups -OCH3 is 1. The SMILES string of the molecule is COC(=O)N1CCC2(CC1)CN(C(=O)OCc1ccccc1)C2C(=O)O. The molecule has 0 aliphatic carbocycles. The molecule has 2 heterocycles. The van der Waals surface area contributed by atoms with E-state index < -0.39 is 29.6 Å². The minimum atomic E-state index is -1.04. The van der Waals surface area contributed by atoms with Crippen molar-refractivity contribution in [3.63, 3.8) is 0 Å². The molecule has 2 aliphatic rings. The third-order valence-electron chi connectivity index (χ3n) is 5.24. The van der Waals surface area contributed by atoms with Crippen LogP contribution in [-0.4, -0.2) is 65.8 Å². The third kappa shape index (κ3) is 3.31. The highest BCUT2D eigenvalue weighted by Crippen LogP contribution is 2.46. The Labute approximate surface area is 151 Å². The van der Waals surface area contributed by atoms with E-state index >= 15 is 0 Å². The summed E-state index contributed by atoms with van der Waals surface area (Å²) in [7, 11) is 1.32. The van der Waals surface area contributed by atoms with E-state index in [0.29, 0.717) is 32.5 Å². The summed E-state index contributed by atoms with van der Waals surface area (Å²) < 4.78 is 9.97. The van der Waals surface area contributed by atoms with Crippen LogP contribution in [0.15, 0.2) is 30.3 Å². The van der Waals surface area contributed by atoms with Gasteiger partial charge >= 0.3 is 18.2 Å². The second-order valence-electron chi connectivity index (χ2n) is 6.73. The number of likely N-dealkylation sites (tertiary alicyclic amines) is 2. The van der Waals surface area contributed by atoms with Crippen molar-refractivity contribution in [2.75, 3.05) is 26.7 Å². The van der Waals surface area contributed by atoms with Crippen LogP contribution in [0.5, 0.6) is 0 Å². The Bertz CT molecular complexity index is 684. The number of hydrogen-bond donors (Lipinski definition) is 1. The monoisotopic (exact) mass is 362 g/mol. The molecule has 2 aliphatic heterocycles. The Morgan fingerprint density at radius 1 is 1.15 bits per heavy atom. The summed E-state index contributed by atoms with van der Waals surface area (Å²) in [4.78, 5) is 38.5. The first kappa shape index (κ1) is 18.0. The first-order valence-corrected chi connectivity index (χ1v) is 8.50. The zero-order chi connectivity index (χ0) is 18.7. The molecule has 3 rings (SSSR count). The highest BCUT2D eigenvalue weighted by atomic mass is 16.6. The predicted octanol–water partition coefficient (Wildman–Crippen LogP) is 1.94. The first-order valence-electron chi connectivity index (χ1n) is 8.50. The molecule has 2 saturated heterocycles. The van der Waals surface area contributed by atoms with Crippen LogP contribution in [0, 0.1) is 5.41 Å². The van der Waals surface area contributed by atoms with Crippen molar-refractivity contribution in [3.05, 3.63) is 35.9 Å². The van der Waals surface area contributed by atoms with E-state index in [4.69, 9.17) is 9.47 Å². The second-order valence-corrected chi connectivity index (χ2v) is 6.73. The van der Waals surface area contributed by atoms with Crippen LogP contribution in [0.25, 0.3) is 0 Å². The number of amides is 2. The van der Waals surface area contributed by atoms with Gasteiger partial charge in [-0.2, -0.15) is 0 Å². The van der Waals surface area contributed by atoms with Gasteiger partial charge < -0.3 is 19.5 Å². The van der Waals surface area contributed by atoms with Crippen molar-refractivity contribution in [1.29, 1.82) is 0 Å². The molecule has 140 valence electrons. The summed E-state index contributed by atoms with van der Waals surface area (Å²) in [6, 6.07) is 8.30.